The highest BCUT2D eigenvalue weighted by molar-refractivity contribution is 5.48. The minimum absolute atomic E-state index is 0.440. The molecular formula is C7H6F2O3. The van der Waals surface area contributed by atoms with Gasteiger partial charge in [0.2, 0.25) is 5.75 Å². The van der Waals surface area contributed by atoms with Crippen molar-refractivity contribution in [2.45, 2.75) is 6.61 Å². The second-order valence-electron chi connectivity index (χ2n) is 2.00. The monoisotopic (exact) mass is 176 g/mol. The highest BCUT2D eigenvalue weighted by Crippen LogP contribution is 2.35. The zero-order chi connectivity index (χ0) is 9.14. The van der Waals surface area contributed by atoms with Crippen molar-refractivity contribution in [3.8, 4) is 17.2 Å². The minimum Gasteiger partial charge on any atom is -0.504 e. The number of phenolic OH excluding ortho intramolecular Hbond substituents is 2. The average Bonchev–Trinajstić information content (AvgIpc) is 1.98. The van der Waals surface area contributed by atoms with Crippen LogP contribution in [0.1, 0.15) is 0 Å². The normalized spacial score (nSPS) is 10.2. The summed E-state index contributed by atoms with van der Waals surface area (Å²) in [6.07, 6.45) is 0. The number of hydrogen-bond donors (Lipinski definition) is 2. The fraction of sp³-hybridized carbons (Fsp3) is 0.143. The van der Waals surface area contributed by atoms with Gasteiger partial charge >= 0.3 is 6.61 Å². The molecule has 0 amide bonds. The van der Waals surface area contributed by atoms with Crippen LogP contribution < -0.4 is 4.74 Å². The molecule has 0 radical (unpaired) electrons. The van der Waals surface area contributed by atoms with E-state index in [1.165, 1.54) is 6.07 Å². The van der Waals surface area contributed by atoms with Gasteiger partial charge in [-0.25, -0.2) is 0 Å². The third kappa shape index (κ3) is 1.75. The molecule has 0 spiro atoms. The van der Waals surface area contributed by atoms with Crippen molar-refractivity contribution in [2.24, 2.45) is 0 Å². The van der Waals surface area contributed by atoms with E-state index in [9.17, 15) is 8.78 Å². The molecule has 0 saturated carbocycles. The predicted octanol–water partition coefficient (Wildman–Crippen LogP) is 1.70. The van der Waals surface area contributed by atoms with E-state index in [1.54, 1.807) is 0 Å². The Kier molecular flexibility index (Phi) is 2.32. The Hall–Kier alpha value is -1.52. The summed E-state index contributed by atoms with van der Waals surface area (Å²) in [7, 11) is 0. The molecule has 1 rings (SSSR count). The SMILES string of the molecule is Oc1cccc(OC(F)F)c1O. The van der Waals surface area contributed by atoms with Gasteiger partial charge in [-0.15, -0.1) is 0 Å². The summed E-state index contributed by atoms with van der Waals surface area (Å²) in [5, 5.41) is 17.8. The molecule has 0 atom stereocenters. The van der Waals surface area contributed by atoms with E-state index < -0.39 is 23.9 Å². The van der Waals surface area contributed by atoms with Gasteiger partial charge in [0.15, 0.2) is 11.5 Å². The van der Waals surface area contributed by atoms with Gasteiger partial charge in [0.25, 0.3) is 0 Å². The number of hydrogen-bond acceptors (Lipinski definition) is 3. The topological polar surface area (TPSA) is 49.7 Å². The van der Waals surface area contributed by atoms with Crippen LogP contribution in [0.15, 0.2) is 18.2 Å². The van der Waals surface area contributed by atoms with Gasteiger partial charge < -0.3 is 14.9 Å². The summed E-state index contributed by atoms with van der Waals surface area (Å²) in [5.41, 5.74) is 0. The number of aromatic hydroxyl groups is 2. The van der Waals surface area contributed by atoms with Gasteiger partial charge in [0.05, 0.1) is 0 Å². The summed E-state index contributed by atoms with van der Waals surface area (Å²) < 4.78 is 27.1. The molecule has 0 heterocycles. The molecule has 0 aromatic heterocycles. The van der Waals surface area contributed by atoms with Crippen LogP contribution in [0.3, 0.4) is 0 Å². The smallest absolute Gasteiger partial charge is 0.387 e. The zero-order valence-electron chi connectivity index (χ0n) is 5.87. The molecule has 12 heavy (non-hydrogen) atoms. The molecule has 2 N–H and O–H groups in total. The number of ether oxygens (including phenoxy) is 1. The lowest BCUT2D eigenvalue weighted by molar-refractivity contribution is -0.0513. The lowest BCUT2D eigenvalue weighted by Crippen LogP contribution is -2.01. The van der Waals surface area contributed by atoms with Crippen molar-refractivity contribution in [2.75, 3.05) is 0 Å². The Balaban J connectivity index is 2.92. The van der Waals surface area contributed by atoms with E-state index in [-0.39, 0.29) is 0 Å². The van der Waals surface area contributed by atoms with Crippen molar-refractivity contribution < 1.29 is 23.7 Å². The molecule has 0 unspecified atom stereocenters. The van der Waals surface area contributed by atoms with Crippen LogP contribution in [0.2, 0.25) is 0 Å². The third-order valence-electron chi connectivity index (χ3n) is 1.19. The Labute approximate surface area is 66.8 Å². The van der Waals surface area contributed by atoms with E-state index in [4.69, 9.17) is 10.2 Å². The number of halogens is 2. The summed E-state index contributed by atoms with van der Waals surface area (Å²) in [4.78, 5) is 0. The largest absolute Gasteiger partial charge is 0.504 e. The molecule has 66 valence electrons. The van der Waals surface area contributed by atoms with E-state index in [1.807, 2.05) is 0 Å². The van der Waals surface area contributed by atoms with E-state index >= 15 is 0 Å². The first-order chi connectivity index (χ1) is 5.61. The van der Waals surface area contributed by atoms with Crippen molar-refractivity contribution in [3.63, 3.8) is 0 Å². The van der Waals surface area contributed by atoms with Gasteiger partial charge in [-0.05, 0) is 12.1 Å². The highest BCUT2D eigenvalue weighted by Gasteiger charge is 2.11. The van der Waals surface area contributed by atoms with Crippen LogP contribution >= 0.6 is 0 Å². The summed E-state index contributed by atoms with van der Waals surface area (Å²) in [6.45, 7) is -3.02. The van der Waals surface area contributed by atoms with Gasteiger partial charge in [-0.2, -0.15) is 8.78 Å². The van der Waals surface area contributed by atoms with Crippen LogP contribution in [0, 0.1) is 0 Å². The molecule has 0 saturated heterocycles. The van der Waals surface area contributed by atoms with Crippen LogP contribution in [-0.4, -0.2) is 16.8 Å². The van der Waals surface area contributed by atoms with Crippen molar-refractivity contribution in [1.82, 2.24) is 0 Å². The van der Waals surface area contributed by atoms with E-state index in [0.29, 0.717) is 0 Å². The van der Waals surface area contributed by atoms with Crippen LogP contribution in [0.5, 0.6) is 17.2 Å². The van der Waals surface area contributed by atoms with Crippen LogP contribution in [0.4, 0.5) is 8.78 Å². The standard InChI is InChI=1S/C7H6F2O3/c8-7(9)12-5-3-1-2-4(10)6(5)11/h1-3,7,10-11H. The van der Waals surface area contributed by atoms with Crippen LogP contribution in [-0.2, 0) is 0 Å². The maximum Gasteiger partial charge on any atom is 0.387 e. The first kappa shape index (κ1) is 8.58. The fourth-order valence-electron chi connectivity index (χ4n) is 0.702. The van der Waals surface area contributed by atoms with Crippen molar-refractivity contribution >= 4 is 0 Å². The Bertz CT molecular complexity index is 275. The lowest BCUT2D eigenvalue weighted by atomic mass is 10.3. The lowest BCUT2D eigenvalue weighted by Gasteiger charge is -2.06. The number of para-hydroxylation sites is 1. The predicted molar refractivity (Wildman–Crippen MR) is 36.4 cm³/mol. The number of rotatable bonds is 2. The third-order valence-corrected chi connectivity index (χ3v) is 1.19. The maximum absolute atomic E-state index is 11.6. The molecule has 0 aliphatic heterocycles. The number of alkyl halides is 2. The summed E-state index contributed by atoms with van der Waals surface area (Å²) in [5.74, 6) is -1.61. The number of phenols is 2. The second-order valence-corrected chi connectivity index (χ2v) is 2.00. The van der Waals surface area contributed by atoms with Gasteiger partial charge in [-0.3, -0.25) is 0 Å². The molecule has 0 fully saturated rings. The van der Waals surface area contributed by atoms with Gasteiger partial charge in [0.1, 0.15) is 0 Å². The maximum atomic E-state index is 11.6. The molecule has 5 heteroatoms. The quantitative estimate of drug-likeness (QED) is 0.674. The molecular weight excluding hydrogens is 170 g/mol. The first-order valence-electron chi connectivity index (χ1n) is 3.07. The molecule has 0 bridgehead atoms. The zero-order valence-corrected chi connectivity index (χ0v) is 5.87. The molecule has 0 aliphatic rings. The van der Waals surface area contributed by atoms with Crippen molar-refractivity contribution in [1.29, 1.82) is 0 Å². The Morgan fingerprint density at radius 1 is 1.25 bits per heavy atom. The second kappa shape index (κ2) is 3.25. The van der Waals surface area contributed by atoms with E-state index in [0.717, 1.165) is 12.1 Å². The van der Waals surface area contributed by atoms with Crippen LogP contribution in [0.25, 0.3) is 0 Å². The summed E-state index contributed by atoms with van der Waals surface area (Å²) in [6, 6.07) is 3.57. The number of benzene rings is 1. The molecule has 3 nitrogen and oxygen atoms in total. The molecule has 1 aromatic rings. The molecule has 0 aliphatic carbocycles. The molecule has 1 aromatic carbocycles. The van der Waals surface area contributed by atoms with Gasteiger partial charge in [0, 0.05) is 0 Å². The van der Waals surface area contributed by atoms with E-state index in [2.05, 4.69) is 4.74 Å². The van der Waals surface area contributed by atoms with Crippen molar-refractivity contribution in [3.05, 3.63) is 18.2 Å². The summed E-state index contributed by atoms with van der Waals surface area (Å²) >= 11 is 0. The fourth-order valence-corrected chi connectivity index (χ4v) is 0.702. The average molecular weight is 176 g/mol. The Morgan fingerprint density at radius 2 is 1.92 bits per heavy atom. The highest BCUT2D eigenvalue weighted by atomic mass is 19.3. The first-order valence-corrected chi connectivity index (χ1v) is 3.07. The minimum atomic E-state index is -3.02. The van der Waals surface area contributed by atoms with Gasteiger partial charge in [-0.1, -0.05) is 6.07 Å². The Morgan fingerprint density at radius 3 is 2.50 bits per heavy atom.